The van der Waals surface area contributed by atoms with Crippen LogP contribution in [0.2, 0.25) is 0 Å². The number of nitrogens with one attached hydrogen (secondary N) is 2. The maximum Gasteiger partial charge on any atom is 0.191 e. The second-order valence-corrected chi connectivity index (χ2v) is 7.72. The number of piperidine rings is 1. The van der Waals surface area contributed by atoms with E-state index in [1.165, 1.54) is 11.1 Å². The van der Waals surface area contributed by atoms with Crippen molar-refractivity contribution in [3.05, 3.63) is 84.2 Å². The molecule has 0 saturated carbocycles. The lowest BCUT2D eigenvalue weighted by Gasteiger charge is -2.33. The molecule has 6 heteroatoms. The SMILES string of the molecule is CN=C(NCc1ccc(-n2cccn2)cc1)NC1CCN(Cc2ccccc2)CC1. The molecule has 1 aromatic heterocycles. The Kier molecular flexibility index (Phi) is 6.77. The van der Waals surface area contributed by atoms with Gasteiger partial charge in [-0.3, -0.25) is 9.89 Å². The van der Waals surface area contributed by atoms with Gasteiger partial charge in [0, 0.05) is 51.7 Å². The topological polar surface area (TPSA) is 57.5 Å². The number of guanidine groups is 1. The van der Waals surface area contributed by atoms with Crippen LogP contribution >= 0.6 is 0 Å². The molecule has 1 aliphatic rings. The lowest BCUT2D eigenvalue weighted by Crippen LogP contribution is -2.48. The maximum atomic E-state index is 4.41. The van der Waals surface area contributed by atoms with E-state index in [0.717, 1.165) is 50.7 Å². The largest absolute Gasteiger partial charge is 0.354 e. The van der Waals surface area contributed by atoms with Crippen molar-refractivity contribution < 1.29 is 0 Å². The Morgan fingerprint density at radius 1 is 1.00 bits per heavy atom. The first-order valence-electron chi connectivity index (χ1n) is 10.6. The molecule has 0 amide bonds. The molecule has 0 spiro atoms. The van der Waals surface area contributed by atoms with E-state index >= 15 is 0 Å². The van der Waals surface area contributed by atoms with Gasteiger partial charge < -0.3 is 10.6 Å². The number of rotatable bonds is 6. The number of benzene rings is 2. The van der Waals surface area contributed by atoms with Gasteiger partial charge in [0.15, 0.2) is 5.96 Å². The molecule has 1 aliphatic heterocycles. The molecule has 2 heterocycles. The lowest BCUT2D eigenvalue weighted by molar-refractivity contribution is 0.198. The molecule has 1 fully saturated rings. The highest BCUT2D eigenvalue weighted by Crippen LogP contribution is 2.14. The highest BCUT2D eigenvalue weighted by atomic mass is 15.3. The fourth-order valence-corrected chi connectivity index (χ4v) is 3.84. The average Bonchev–Trinajstić information content (AvgIpc) is 3.34. The molecule has 4 rings (SSSR count). The van der Waals surface area contributed by atoms with E-state index < -0.39 is 0 Å². The van der Waals surface area contributed by atoms with Gasteiger partial charge >= 0.3 is 0 Å². The third-order valence-electron chi connectivity index (χ3n) is 5.57. The third kappa shape index (κ3) is 5.48. The van der Waals surface area contributed by atoms with Crippen LogP contribution in [0.1, 0.15) is 24.0 Å². The number of aliphatic imine (C=N–C) groups is 1. The molecule has 0 aliphatic carbocycles. The summed E-state index contributed by atoms with van der Waals surface area (Å²) in [4.78, 5) is 6.94. The number of likely N-dealkylation sites (tertiary alicyclic amines) is 1. The Bertz CT molecular complexity index is 910. The summed E-state index contributed by atoms with van der Waals surface area (Å²) in [6.07, 6.45) is 6.00. The van der Waals surface area contributed by atoms with Crippen molar-refractivity contribution in [2.75, 3.05) is 20.1 Å². The van der Waals surface area contributed by atoms with Gasteiger partial charge in [-0.05, 0) is 42.2 Å². The summed E-state index contributed by atoms with van der Waals surface area (Å²) in [5.74, 6) is 0.868. The molecule has 6 nitrogen and oxygen atoms in total. The van der Waals surface area contributed by atoms with Gasteiger partial charge in [0.1, 0.15) is 0 Å². The average molecular weight is 403 g/mol. The van der Waals surface area contributed by atoms with Crippen LogP contribution in [0.3, 0.4) is 0 Å². The maximum absolute atomic E-state index is 4.41. The van der Waals surface area contributed by atoms with Gasteiger partial charge in [-0.15, -0.1) is 0 Å². The van der Waals surface area contributed by atoms with Gasteiger partial charge in [-0.1, -0.05) is 42.5 Å². The van der Waals surface area contributed by atoms with Crippen molar-refractivity contribution in [2.45, 2.75) is 32.0 Å². The standard InChI is InChI=1S/C24H30N6/c1-25-24(26-18-20-8-10-23(11-9-20)30-15-5-14-27-30)28-22-12-16-29(17-13-22)19-21-6-3-2-4-7-21/h2-11,14-15,22H,12-13,16-19H2,1H3,(H2,25,26,28). The summed E-state index contributed by atoms with van der Waals surface area (Å²) < 4.78 is 1.86. The zero-order valence-electron chi connectivity index (χ0n) is 17.5. The van der Waals surface area contributed by atoms with E-state index in [2.05, 4.69) is 80.2 Å². The highest BCUT2D eigenvalue weighted by molar-refractivity contribution is 5.79. The number of hydrogen-bond acceptors (Lipinski definition) is 3. The van der Waals surface area contributed by atoms with E-state index in [9.17, 15) is 0 Å². The van der Waals surface area contributed by atoms with Gasteiger partial charge in [0.25, 0.3) is 0 Å². The predicted octanol–water partition coefficient (Wildman–Crippen LogP) is 3.20. The normalized spacial score (nSPS) is 15.8. The van der Waals surface area contributed by atoms with Crippen LogP contribution in [-0.2, 0) is 13.1 Å². The van der Waals surface area contributed by atoms with Crippen molar-refractivity contribution in [2.24, 2.45) is 4.99 Å². The van der Waals surface area contributed by atoms with E-state index in [0.29, 0.717) is 6.04 Å². The lowest BCUT2D eigenvalue weighted by atomic mass is 10.0. The van der Waals surface area contributed by atoms with E-state index in [1.54, 1.807) is 6.20 Å². The molecule has 30 heavy (non-hydrogen) atoms. The molecule has 0 unspecified atom stereocenters. The van der Waals surface area contributed by atoms with Crippen molar-refractivity contribution in [3.8, 4) is 5.69 Å². The number of nitrogens with zero attached hydrogens (tertiary/aromatic N) is 4. The molecule has 156 valence electrons. The van der Waals surface area contributed by atoms with Crippen molar-refractivity contribution in [1.82, 2.24) is 25.3 Å². The second-order valence-electron chi connectivity index (χ2n) is 7.72. The summed E-state index contributed by atoms with van der Waals surface area (Å²) in [6, 6.07) is 21.5. The molecule has 2 aromatic carbocycles. The van der Waals surface area contributed by atoms with Crippen LogP contribution in [0.25, 0.3) is 5.69 Å². The van der Waals surface area contributed by atoms with Crippen molar-refractivity contribution >= 4 is 5.96 Å². The second kappa shape index (κ2) is 10.1. The van der Waals surface area contributed by atoms with Gasteiger partial charge in [0.2, 0.25) is 0 Å². The van der Waals surface area contributed by atoms with Gasteiger partial charge in [0.05, 0.1) is 5.69 Å². The van der Waals surface area contributed by atoms with E-state index in [-0.39, 0.29) is 0 Å². The van der Waals surface area contributed by atoms with E-state index in [4.69, 9.17) is 0 Å². The summed E-state index contributed by atoms with van der Waals surface area (Å²) in [5.41, 5.74) is 3.67. The minimum absolute atomic E-state index is 0.463. The molecule has 1 saturated heterocycles. The zero-order chi connectivity index (χ0) is 20.6. The first-order valence-corrected chi connectivity index (χ1v) is 10.6. The summed E-state index contributed by atoms with van der Waals surface area (Å²) in [5, 5.41) is 11.3. The van der Waals surface area contributed by atoms with Crippen molar-refractivity contribution in [1.29, 1.82) is 0 Å². The molecule has 3 aromatic rings. The Morgan fingerprint density at radius 3 is 2.43 bits per heavy atom. The quantitative estimate of drug-likeness (QED) is 0.491. The van der Waals surface area contributed by atoms with Crippen LogP contribution in [0.5, 0.6) is 0 Å². The Morgan fingerprint density at radius 2 is 1.77 bits per heavy atom. The molecule has 0 bridgehead atoms. The minimum Gasteiger partial charge on any atom is -0.354 e. The Balaban J connectivity index is 1.21. The third-order valence-corrected chi connectivity index (χ3v) is 5.57. The van der Waals surface area contributed by atoms with Crippen LogP contribution in [0.15, 0.2) is 78.0 Å². The Hall–Kier alpha value is -3.12. The first kappa shape index (κ1) is 20.2. The van der Waals surface area contributed by atoms with Crippen LogP contribution in [0, 0.1) is 0 Å². The van der Waals surface area contributed by atoms with Gasteiger partial charge in [-0.25, -0.2) is 4.68 Å². The monoisotopic (exact) mass is 402 g/mol. The smallest absolute Gasteiger partial charge is 0.191 e. The highest BCUT2D eigenvalue weighted by Gasteiger charge is 2.20. The number of aromatic nitrogens is 2. The summed E-state index contributed by atoms with van der Waals surface area (Å²) in [7, 11) is 1.83. The molecule has 2 N–H and O–H groups in total. The van der Waals surface area contributed by atoms with Crippen LogP contribution in [-0.4, -0.2) is 46.8 Å². The molecule has 0 atom stereocenters. The van der Waals surface area contributed by atoms with E-state index in [1.807, 2.05) is 24.0 Å². The van der Waals surface area contributed by atoms with Crippen LogP contribution in [0.4, 0.5) is 0 Å². The zero-order valence-corrected chi connectivity index (χ0v) is 17.5. The molecule has 0 radical (unpaired) electrons. The summed E-state index contributed by atoms with van der Waals surface area (Å²) >= 11 is 0. The fourth-order valence-electron chi connectivity index (χ4n) is 3.84. The Labute approximate surface area is 178 Å². The summed E-state index contributed by atoms with van der Waals surface area (Å²) in [6.45, 7) is 4.00. The predicted molar refractivity (Wildman–Crippen MR) is 122 cm³/mol. The van der Waals surface area contributed by atoms with Crippen molar-refractivity contribution in [3.63, 3.8) is 0 Å². The van der Waals surface area contributed by atoms with Crippen LogP contribution < -0.4 is 10.6 Å². The molecular weight excluding hydrogens is 372 g/mol. The number of hydrogen-bond donors (Lipinski definition) is 2. The molecular formula is C24H30N6. The van der Waals surface area contributed by atoms with Gasteiger partial charge in [-0.2, -0.15) is 5.10 Å². The minimum atomic E-state index is 0.463. The first-order chi connectivity index (χ1) is 14.8. The fraction of sp³-hybridized carbons (Fsp3) is 0.333.